The van der Waals surface area contributed by atoms with Crippen LogP contribution >= 0.6 is 0 Å². The fourth-order valence-electron chi connectivity index (χ4n) is 2.13. The number of hydrogen-bond acceptors (Lipinski definition) is 4. The molecule has 106 valence electrons. The Balaban J connectivity index is 2.14. The molecule has 4 heteroatoms. The molecule has 20 heavy (non-hydrogen) atoms. The van der Waals surface area contributed by atoms with Crippen LogP contribution < -0.4 is 10.1 Å². The molecule has 0 spiro atoms. The molecule has 1 N–H and O–H groups in total. The third-order valence-electron chi connectivity index (χ3n) is 3.01. The van der Waals surface area contributed by atoms with E-state index in [1.807, 2.05) is 52.0 Å². The van der Waals surface area contributed by atoms with E-state index in [0.29, 0.717) is 12.4 Å². The van der Waals surface area contributed by atoms with Crippen molar-refractivity contribution in [1.82, 2.24) is 9.97 Å². The molecule has 0 amide bonds. The van der Waals surface area contributed by atoms with Crippen LogP contribution in [0.25, 0.3) is 0 Å². The Bertz CT molecular complexity index is 576. The molecule has 0 atom stereocenters. The summed E-state index contributed by atoms with van der Waals surface area (Å²) in [7, 11) is 0. The van der Waals surface area contributed by atoms with Gasteiger partial charge in [0.2, 0.25) is 0 Å². The van der Waals surface area contributed by atoms with Gasteiger partial charge in [-0.15, -0.1) is 0 Å². The van der Waals surface area contributed by atoms with E-state index in [-0.39, 0.29) is 0 Å². The van der Waals surface area contributed by atoms with Crippen molar-refractivity contribution in [2.75, 3.05) is 11.9 Å². The van der Waals surface area contributed by atoms with Crippen molar-refractivity contribution >= 4 is 5.82 Å². The highest BCUT2D eigenvalue weighted by molar-refractivity contribution is 5.40. The van der Waals surface area contributed by atoms with Crippen LogP contribution in [0.5, 0.6) is 5.75 Å². The summed E-state index contributed by atoms with van der Waals surface area (Å²) < 4.78 is 5.89. The standard InChI is InChI=1S/C16H21N3O/c1-5-17-14-9-13(4)18-15(19-14)10-20-16-11(2)7-6-8-12(16)3/h6-9H,5,10H2,1-4H3,(H,17,18,19). The zero-order chi connectivity index (χ0) is 14.5. The summed E-state index contributed by atoms with van der Waals surface area (Å²) in [4.78, 5) is 8.86. The van der Waals surface area contributed by atoms with Crippen LogP contribution in [0.3, 0.4) is 0 Å². The molecular weight excluding hydrogens is 250 g/mol. The van der Waals surface area contributed by atoms with Gasteiger partial charge in [-0.05, 0) is 38.8 Å². The van der Waals surface area contributed by atoms with Crippen molar-refractivity contribution < 1.29 is 4.74 Å². The van der Waals surface area contributed by atoms with E-state index in [2.05, 4.69) is 15.3 Å². The van der Waals surface area contributed by atoms with Gasteiger partial charge in [-0.3, -0.25) is 0 Å². The normalized spacial score (nSPS) is 10.4. The lowest BCUT2D eigenvalue weighted by atomic mass is 10.1. The molecule has 0 aliphatic heterocycles. The van der Waals surface area contributed by atoms with Crippen molar-refractivity contribution in [2.45, 2.75) is 34.3 Å². The van der Waals surface area contributed by atoms with Crippen LogP contribution in [0.4, 0.5) is 5.82 Å². The number of hydrogen-bond donors (Lipinski definition) is 1. The smallest absolute Gasteiger partial charge is 0.168 e. The molecule has 1 aromatic carbocycles. The molecule has 2 aromatic rings. The second-order valence-electron chi connectivity index (χ2n) is 4.85. The zero-order valence-corrected chi connectivity index (χ0v) is 12.5. The number of aromatic nitrogens is 2. The fourth-order valence-corrected chi connectivity index (χ4v) is 2.13. The first-order valence-corrected chi connectivity index (χ1v) is 6.87. The Labute approximate surface area is 120 Å². The molecule has 0 saturated heterocycles. The lowest BCUT2D eigenvalue weighted by molar-refractivity contribution is 0.291. The second kappa shape index (κ2) is 6.37. The molecule has 0 saturated carbocycles. The first-order valence-electron chi connectivity index (χ1n) is 6.87. The van der Waals surface area contributed by atoms with Crippen molar-refractivity contribution in [3.63, 3.8) is 0 Å². The molecule has 0 unspecified atom stereocenters. The third kappa shape index (κ3) is 3.47. The van der Waals surface area contributed by atoms with Gasteiger partial charge in [0, 0.05) is 18.3 Å². The number of nitrogens with zero attached hydrogens (tertiary/aromatic N) is 2. The minimum absolute atomic E-state index is 0.381. The van der Waals surface area contributed by atoms with Crippen molar-refractivity contribution in [2.24, 2.45) is 0 Å². The van der Waals surface area contributed by atoms with Crippen molar-refractivity contribution in [3.05, 3.63) is 46.9 Å². The molecule has 1 aromatic heterocycles. The van der Waals surface area contributed by atoms with Crippen molar-refractivity contribution in [3.8, 4) is 5.75 Å². The maximum Gasteiger partial charge on any atom is 0.168 e. The van der Waals surface area contributed by atoms with E-state index in [1.54, 1.807) is 0 Å². The quantitative estimate of drug-likeness (QED) is 0.905. The maximum absolute atomic E-state index is 5.89. The number of anilines is 1. The lowest BCUT2D eigenvalue weighted by Gasteiger charge is -2.12. The minimum atomic E-state index is 0.381. The van der Waals surface area contributed by atoms with Crippen molar-refractivity contribution in [1.29, 1.82) is 0 Å². The van der Waals surface area contributed by atoms with E-state index in [0.717, 1.165) is 34.9 Å². The van der Waals surface area contributed by atoms with Crippen LogP contribution in [-0.4, -0.2) is 16.5 Å². The summed E-state index contributed by atoms with van der Waals surface area (Å²) in [5.74, 6) is 2.46. The summed E-state index contributed by atoms with van der Waals surface area (Å²) in [6.07, 6.45) is 0. The van der Waals surface area contributed by atoms with Crippen LogP contribution in [0, 0.1) is 20.8 Å². The Morgan fingerprint density at radius 2 is 1.80 bits per heavy atom. The largest absolute Gasteiger partial charge is 0.485 e. The Morgan fingerprint density at radius 1 is 1.10 bits per heavy atom. The van der Waals surface area contributed by atoms with Gasteiger partial charge in [0.25, 0.3) is 0 Å². The average molecular weight is 271 g/mol. The molecule has 0 aliphatic rings. The van der Waals surface area contributed by atoms with Gasteiger partial charge < -0.3 is 10.1 Å². The van der Waals surface area contributed by atoms with Gasteiger partial charge in [0.05, 0.1) is 0 Å². The number of benzene rings is 1. The molecule has 0 aliphatic carbocycles. The summed E-state index contributed by atoms with van der Waals surface area (Å²) in [5, 5.41) is 3.20. The van der Waals surface area contributed by atoms with E-state index >= 15 is 0 Å². The van der Waals surface area contributed by atoms with Gasteiger partial charge in [0.1, 0.15) is 18.2 Å². The summed E-state index contributed by atoms with van der Waals surface area (Å²) in [6, 6.07) is 8.06. The molecular formula is C16H21N3O. The lowest BCUT2D eigenvalue weighted by Crippen LogP contribution is -2.08. The predicted molar refractivity (Wildman–Crippen MR) is 81.2 cm³/mol. The average Bonchev–Trinajstić information content (AvgIpc) is 2.38. The first-order chi connectivity index (χ1) is 9.60. The number of para-hydroxylation sites is 1. The molecule has 0 fully saturated rings. The van der Waals surface area contributed by atoms with Gasteiger partial charge in [-0.1, -0.05) is 18.2 Å². The zero-order valence-electron chi connectivity index (χ0n) is 12.5. The first kappa shape index (κ1) is 14.3. The van der Waals surface area contributed by atoms with E-state index in [9.17, 15) is 0 Å². The molecule has 4 nitrogen and oxygen atoms in total. The topological polar surface area (TPSA) is 47.0 Å². The Morgan fingerprint density at radius 3 is 2.45 bits per heavy atom. The third-order valence-corrected chi connectivity index (χ3v) is 3.01. The van der Waals surface area contributed by atoms with Crippen LogP contribution in [0.2, 0.25) is 0 Å². The number of aryl methyl sites for hydroxylation is 3. The van der Waals surface area contributed by atoms with Crippen LogP contribution in [-0.2, 0) is 6.61 Å². The minimum Gasteiger partial charge on any atom is -0.485 e. The summed E-state index contributed by atoms with van der Waals surface area (Å²) >= 11 is 0. The van der Waals surface area contributed by atoms with Crippen LogP contribution in [0.1, 0.15) is 29.6 Å². The van der Waals surface area contributed by atoms with Gasteiger partial charge in [0.15, 0.2) is 5.82 Å². The summed E-state index contributed by atoms with van der Waals surface area (Å²) in [6.45, 7) is 9.32. The number of ether oxygens (including phenoxy) is 1. The Kier molecular flexibility index (Phi) is 4.56. The van der Waals surface area contributed by atoms with E-state index < -0.39 is 0 Å². The fraction of sp³-hybridized carbons (Fsp3) is 0.375. The SMILES string of the molecule is CCNc1cc(C)nc(COc2c(C)cccc2C)n1. The molecule has 0 radical (unpaired) electrons. The maximum atomic E-state index is 5.89. The van der Waals surface area contributed by atoms with E-state index in [4.69, 9.17) is 4.74 Å². The second-order valence-corrected chi connectivity index (χ2v) is 4.85. The molecule has 1 heterocycles. The highest BCUT2D eigenvalue weighted by atomic mass is 16.5. The van der Waals surface area contributed by atoms with Gasteiger partial charge >= 0.3 is 0 Å². The highest BCUT2D eigenvalue weighted by Crippen LogP contribution is 2.23. The number of rotatable bonds is 5. The molecule has 2 rings (SSSR count). The predicted octanol–water partition coefficient (Wildman–Crippen LogP) is 3.41. The van der Waals surface area contributed by atoms with Gasteiger partial charge in [-0.25, -0.2) is 9.97 Å². The molecule has 0 bridgehead atoms. The van der Waals surface area contributed by atoms with Crippen LogP contribution in [0.15, 0.2) is 24.3 Å². The summed E-state index contributed by atoms with van der Waals surface area (Å²) in [5.41, 5.74) is 3.20. The van der Waals surface area contributed by atoms with E-state index in [1.165, 1.54) is 0 Å². The highest BCUT2D eigenvalue weighted by Gasteiger charge is 2.06. The Hall–Kier alpha value is -2.10. The monoisotopic (exact) mass is 271 g/mol. The number of nitrogens with one attached hydrogen (secondary N) is 1. The van der Waals surface area contributed by atoms with Gasteiger partial charge in [-0.2, -0.15) is 0 Å².